The number of nitro groups is 1. The van der Waals surface area contributed by atoms with Crippen molar-refractivity contribution in [3.05, 3.63) is 28.3 Å². The second kappa shape index (κ2) is 4.93. The Morgan fingerprint density at radius 2 is 2.14 bits per heavy atom. The average molecular weight is 312 g/mol. The molecule has 1 heterocycles. The number of hydrazine groups is 1. The maximum absolute atomic E-state index is 12.7. The van der Waals surface area contributed by atoms with E-state index in [9.17, 15) is 18.5 Å². The van der Waals surface area contributed by atoms with Crippen molar-refractivity contribution in [3.8, 4) is 0 Å². The maximum Gasteiger partial charge on any atom is 0.291 e. The molecule has 0 aromatic heterocycles. The van der Waals surface area contributed by atoms with Gasteiger partial charge in [0.25, 0.3) is 5.69 Å². The molecule has 2 aliphatic rings. The van der Waals surface area contributed by atoms with Crippen molar-refractivity contribution in [2.45, 2.75) is 30.2 Å². The Morgan fingerprint density at radius 3 is 2.67 bits per heavy atom. The van der Waals surface area contributed by atoms with Crippen LogP contribution in [-0.4, -0.2) is 30.2 Å². The number of nitrogens with zero attached hydrogens (tertiary/aromatic N) is 2. The van der Waals surface area contributed by atoms with Gasteiger partial charge < -0.3 is 5.43 Å². The number of piperidine rings is 1. The van der Waals surface area contributed by atoms with Crippen LogP contribution in [0.3, 0.4) is 0 Å². The quantitative estimate of drug-likeness (QED) is 0.487. The van der Waals surface area contributed by atoms with Gasteiger partial charge >= 0.3 is 0 Å². The molecule has 0 radical (unpaired) electrons. The number of nitro benzene ring substituents is 1. The zero-order valence-corrected chi connectivity index (χ0v) is 12.0. The maximum atomic E-state index is 12.7. The number of rotatable bonds is 4. The number of nitrogens with one attached hydrogen (secondary N) is 1. The molecular weight excluding hydrogens is 296 g/mol. The first-order chi connectivity index (χ1) is 9.93. The third-order valence-corrected chi connectivity index (χ3v) is 6.23. The fourth-order valence-corrected chi connectivity index (χ4v) is 5.15. The molecule has 0 spiro atoms. The standard InChI is InChI=1S/C12H16N4O4S/c13-14-9-2-4-12(11(6-9)16(17)18)21(19,20)15-7-8-1-3-10(15)5-8/h2,4,6,8,10,14H,1,3,5,7,13H2. The molecule has 1 aliphatic heterocycles. The predicted octanol–water partition coefficient (Wildman–Crippen LogP) is 1.05. The molecule has 21 heavy (non-hydrogen) atoms. The van der Waals surface area contributed by atoms with Crippen LogP contribution in [0.4, 0.5) is 11.4 Å². The molecule has 1 saturated carbocycles. The first-order valence-corrected chi connectivity index (χ1v) is 8.14. The first-order valence-electron chi connectivity index (χ1n) is 6.70. The van der Waals surface area contributed by atoms with E-state index in [0.717, 1.165) is 25.3 Å². The number of hydrogen-bond acceptors (Lipinski definition) is 6. The number of anilines is 1. The molecule has 3 rings (SSSR count). The summed E-state index contributed by atoms with van der Waals surface area (Å²) in [5.74, 6) is 5.60. The lowest BCUT2D eigenvalue weighted by Gasteiger charge is -2.26. The average Bonchev–Trinajstić information content (AvgIpc) is 3.09. The van der Waals surface area contributed by atoms with E-state index in [1.165, 1.54) is 16.4 Å². The van der Waals surface area contributed by atoms with Gasteiger partial charge in [-0.15, -0.1) is 0 Å². The van der Waals surface area contributed by atoms with Crippen LogP contribution in [0.1, 0.15) is 19.3 Å². The molecule has 1 aromatic carbocycles. The molecule has 2 bridgehead atoms. The van der Waals surface area contributed by atoms with Crippen LogP contribution < -0.4 is 11.3 Å². The SMILES string of the molecule is NNc1ccc(S(=O)(=O)N2CC3CCC2C3)c([N+](=O)[O-])c1. The van der Waals surface area contributed by atoms with Gasteiger partial charge in [-0.25, -0.2) is 8.42 Å². The van der Waals surface area contributed by atoms with Crippen molar-refractivity contribution >= 4 is 21.4 Å². The summed E-state index contributed by atoms with van der Waals surface area (Å²) in [5, 5.41) is 11.2. The molecule has 114 valence electrons. The second-order valence-electron chi connectivity index (χ2n) is 5.49. The number of fused-ring (bicyclic) bond motifs is 2. The minimum Gasteiger partial charge on any atom is -0.324 e. The molecule has 1 aliphatic carbocycles. The van der Waals surface area contributed by atoms with Gasteiger partial charge in [-0.3, -0.25) is 16.0 Å². The molecular formula is C12H16N4O4S. The van der Waals surface area contributed by atoms with Gasteiger partial charge in [-0.2, -0.15) is 4.31 Å². The van der Waals surface area contributed by atoms with Gasteiger partial charge in [0.05, 0.1) is 10.6 Å². The van der Waals surface area contributed by atoms with E-state index in [1.807, 2.05) is 0 Å². The third kappa shape index (κ3) is 2.27. The molecule has 2 atom stereocenters. The summed E-state index contributed by atoms with van der Waals surface area (Å²) in [7, 11) is -3.85. The van der Waals surface area contributed by atoms with Gasteiger partial charge in [0.15, 0.2) is 4.90 Å². The monoisotopic (exact) mass is 312 g/mol. The van der Waals surface area contributed by atoms with E-state index in [0.29, 0.717) is 18.2 Å². The lowest BCUT2D eigenvalue weighted by atomic mass is 10.1. The van der Waals surface area contributed by atoms with E-state index in [1.54, 1.807) is 0 Å². The zero-order chi connectivity index (χ0) is 15.2. The summed E-state index contributed by atoms with van der Waals surface area (Å²) >= 11 is 0. The van der Waals surface area contributed by atoms with Crippen LogP contribution in [0.5, 0.6) is 0 Å². The Kier molecular flexibility index (Phi) is 3.34. The Balaban J connectivity index is 2.05. The van der Waals surface area contributed by atoms with Crippen molar-refractivity contribution in [1.29, 1.82) is 0 Å². The Bertz CT molecular complexity index is 690. The van der Waals surface area contributed by atoms with Gasteiger partial charge in [0.1, 0.15) is 0 Å². The summed E-state index contributed by atoms with van der Waals surface area (Å²) in [5.41, 5.74) is 2.13. The predicted molar refractivity (Wildman–Crippen MR) is 75.9 cm³/mol. The second-order valence-corrected chi connectivity index (χ2v) is 7.35. The first kappa shape index (κ1) is 14.2. The molecule has 3 N–H and O–H groups in total. The van der Waals surface area contributed by atoms with E-state index in [-0.39, 0.29) is 10.9 Å². The van der Waals surface area contributed by atoms with E-state index < -0.39 is 20.6 Å². The van der Waals surface area contributed by atoms with E-state index in [4.69, 9.17) is 5.84 Å². The third-order valence-electron chi connectivity index (χ3n) is 4.27. The van der Waals surface area contributed by atoms with Crippen LogP contribution in [0.25, 0.3) is 0 Å². The number of nitrogens with two attached hydrogens (primary N) is 1. The molecule has 1 aromatic rings. The largest absolute Gasteiger partial charge is 0.324 e. The number of sulfonamides is 1. The molecule has 0 amide bonds. The van der Waals surface area contributed by atoms with Crippen molar-refractivity contribution < 1.29 is 13.3 Å². The number of hydrogen-bond donors (Lipinski definition) is 2. The summed E-state index contributed by atoms with van der Waals surface area (Å²) in [4.78, 5) is 10.2. The van der Waals surface area contributed by atoms with Gasteiger partial charge in [-0.1, -0.05) is 0 Å². The fourth-order valence-electron chi connectivity index (χ4n) is 3.27. The number of benzene rings is 1. The minimum absolute atomic E-state index is 0.0214. The Hall–Kier alpha value is -1.71. The zero-order valence-electron chi connectivity index (χ0n) is 11.2. The Labute approximate surface area is 122 Å². The molecule has 2 fully saturated rings. The van der Waals surface area contributed by atoms with Crippen LogP contribution >= 0.6 is 0 Å². The topological polar surface area (TPSA) is 119 Å². The number of nitrogen functional groups attached to an aromatic ring is 1. The molecule has 1 saturated heterocycles. The van der Waals surface area contributed by atoms with Gasteiger partial charge in [0.2, 0.25) is 10.0 Å². The molecule has 2 unspecified atom stereocenters. The summed E-state index contributed by atoms with van der Waals surface area (Å²) in [6.45, 7) is 0.459. The van der Waals surface area contributed by atoms with Crippen molar-refractivity contribution in [2.24, 2.45) is 11.8 Å². The highest BCUT2D eigenvalue weighted by Gasteiger charge is 2.45. The van der Waals surface area contributed by atoms with Crippen LogP contribution in [-0.2, 0) is 10.0 Å². The van der Waals surface area contributed by atoms with Crippen LogP contribution in [0.2, 0.25) is 0 Å². The van der Waals surface area contributed by atoms with Crippen LogP contribution in [0.15, 0.2) is 23.1 Å². The van der Waals surface area contributed by atoms with Crippen LogP contribution in [0, 0.1) is 16.0 Å². The van der Waals surface area contributed by atoms with E-state index >= 15 is 0 Å². The van der Waals surface area contributed by atoms with Gasteiger partial charge in [0, 0.05) is 18.7 Å². The van der Waals surface area contributed by atoms with Crippen molar-refractivity contribution in [3.63, 3.8) is 0 Å². The highest BCUT2D eigenvalue weighted by molar-refractivity contribution is 7.89. The molecule has 9 heteroatoms. The van der Waals surface area contributed by atoms with E-state index in [2.05, 4.69) is 5.43 Å². The fraction of sp³-hybridized carbons (Fsp3) is 0.500. The van der Waals surface area contributed by atoms with Gasteiger partial charge in [-0.05, 0) is 37.3 Å². The lowest BCUT2D eigenvalue weighted by Crippen LogP contribution is -2.37. The smallest absolute Gasteiger partial charge is 0.291 e. The lowest BCUT2D eigenvalue weighted by molar-refractivity contribution is -0.387. The highest BCUT2D eigenvalue weighted by Crippen LogP contribution is 2.42. The highest BCUT2D eigenvalue weighted by atomic mass is 32.2. The summed E-state index contributed by atoms with van der Waals surface area (Å²) < 4.78 is 26.9. The van der Waals surface area contributed by atoms with Crippen molar-refractivity contribution in [1.82, 2.24) is 4.31 Å². The normalized spacial score (nSPS) is 25.2. The summed E-state index contributed by atoms with van der Waals surface area (Å²) in [6.07, 6.45) is 2.73. The minimum atomic E-state index is -3.85. The molecule has 8 nitrogen and oxygen atoms in total. The van der Waals surface area contributed by atoms with Crippen molar-refractivity contribution in [2.75, 3.05) is 12.0 Å². The Morgan fingerprint density at radius 1 is 1.38 bits per heavy atom. The summed E-state index contributed by atoms with van der Waals surface area (Å²) in [6, 6.07) is 3.79.